The maximum atomic E-state index is 12.8. The third kappa shape index (κ3) is 3.61. The second-order valence-electron chi connectivity index (χ2n) is 7.34. The van der Waals surface area contributed by atoms with Gasteiger partial charge in [0.25, 0.3) is 5.91 Å². The molecule has 2 saturated heterocycles. The maximum absolute atomic E-state index is 12.8. The van der Waals surface area contributed by atoms with Crippen LogP contribution in [-0.4, -0.2) is 52.8 Å². The molecule has 0 radical (unpaired) electrons. The first-order valence-electron chi connectivity index (χ1n) is 9.64. The SMILES string of the molecule is O=C(c1ccc2ncsc2c1)N1CCC(C(=O)N2CCCCCC2)CC1. The van der Waals surface area contributed by atoms with Gasteiger partial charge in [0.1, 0.15) is 0 Å². The van der Waals surface area contributed by atoms with Crippen molar-refractivity contribution in [2.24, 2.45) is 5.92 Å². The Hall–Kier alpha value is -1.95. The van der Waals surface area contributed by atoms with Gasteiger partial charge in [-0.2, -0.15) is 0 Å². The summed E-state index contributed by atoms with van der Waals surface area (Å²) in [6.45, 7) is 3.16. The van der Waals surface area contributed by atoms with E-state index in [0.717, 1.165) is 54.6 Å². The Morgan fingerprint density at radius 2 is 1.69 bits per heavy atom. The monoisotopic (exact) mass is 371 g/mol. The number of hydrogen-bond acceptors (Lipinski definition) is 4. The van der Waals surface area contributed by atoms with Crippen molar-refractivity contribution < 1.29 is 9.59 Å². The summed E-state index contributed by atoms with van der Waals surface area (Å²) < 4.78 is 1.04. The summed E-state index contributed by atoms with van der Waals surface area (Å²) in [4.78, 5) is 33.8. The lowest BCUT2D eigenvalue weighted by Gasteiger charge is -2.34. The number of amides is 2. The molecule has 2 aliphatic heterocycles. The second-order valence-corrected chi connectivity index (χ2v) is 8.23. The van der Waals surface area contributed by atoms with E-state index in [1.165, 1.54) is 12.8 Å². The topological polar surface area (TPSA) is 53.5 Å². The molecule has 6 heteroatoms. The average Bonchev–Trinajstić information content (AvgIpc) is 2.99. The number of carbonyl (C=O) groups is 2. The number of piperidine rings is 1. The molecule has 4 rings (SSSR count). The summed E-state index contributed by atoms with van der Waals surface area (Å²) in [7, 11) is 0. The molecule has 2 aromatic rings. The number of fused-ring (bicyclic) bond motifs is 1. The fourth-order valence-corrected chi connectivity index (χ4v) is 4.77. The fourth-order valence-electron chi connectivity index (χ4n) is 4.05. The molecule has 2 amide bonds. The first-order valence-corrected chi connectivity index (χ1v) is 10.5. The lowest BCUT2D eigenvalue weighted by Crippen LogP contribution is -2.44. The lowest BCUT2D eigenvalue weighted by atomic mass is 9.94. The molecule has 0 aliphatic carbocycles. The molecule has 0 atom stereocenters. The summed E-state index contributed by atoms with van der Waals surface area (Å²) in [6, 6.07) is 5.71. The van der Waals surface area contributed by atoms with Crippen LogP contribution in [0.4, 0.5) is 0 Å². The summed E-state index contributed by atoms with van der Waals surface area (Å²) in [5.41, 5.74) is 3.46. The van der Waals surface area contributed by atoms with Crippen molar-refractivity contribution in [3.63, 3.8) is 0 Å². The molecule has 2 aliphatic rings. The number of thiazole rings is 1. The highest BCUT2D eigenvalue weighted by atomic mass is 32.1. The Labute approximate surface area is 158 Å². The van der Waals surface area contributed by atoms with E-state index in [4.69, 9.17) is 0 Å². The van der Waals surface area contributed by atoms with Gasteiger partial charge in [0, 0.05) is 37.7 Å². The van der Waals surface area contributed by atoms with Crippen molar-refractivity contribution in [3.8, 4) is 0 Å². The first-order chi connectivity index (χ1) is 12.7. The Kier molecular flexibility index (Phi) is 5.20. The molecule has 1 aromatic heterocycles. The van der Waals surface area contributed by atoms with Gasteiger partial charge in [-0.3, -0.25) is 9.59 Å². The van der Waals surface area contributed by atoms with Gasteiger partial charge >= 0.3 is 0 Å². The molecular weight excluding hydrogens is 346 g/mol. The first kappa shape index (κ1) is 17.5. The smallest absolute Gasteiger partial charge is 0.253 e. The summed E-state index contributed by atoms with van der Waals surface area (Å²) in [5.74, 6) is 0.465. The van der Waals surface area contributed by atoms with E-state index in [1.54, 1.807) is 16.8 Å². The van der Waals surface area contributed by atoms with E-state index in [-0.39, 0.29) is 11.8 Å². The van der Waals surface area contributed by atoms with Crippen molar-refractivity contribution in [1.29, 1.82) is 0 Å². The number of benzene rings is 1. The van der Waals surface area contributed by atoms with Crippen molar-refractivity contribution in [2.45, 2.75) is 38.5 Å². The number of likely N-dealkylation sites (tertiary alicyclic amines) is 2. The second kappa shape index (κ2) is 7.74. The molecule has 0 unspecified atom stereocenters. The highest BCUT2D eigenvalue weighted by molar-refractivity contribution is 7.16. The molecule has 0 N–H and O–H groups in total. The van der Waals surface area contributed by atoms with E-state index >= 15 is 0 Å². The van der Waals surface area contributed by atoms with E-state index in [1.807, 2.05) is 23.1 Å². The molecule has 2 fully saturated rings. The minimum atomic E-state index is 0.0703. The van der Waals surface area contributed by atoms with Crippen molar-refractivity contribution >= 4 is 33.4 Å². The Balaban J connectivity index is 1.36. The van der Waals surface area contributed by atoms with Gasteiger partial charge in [-0.15, -0.1) is 11.3 Å². The average molecular weight is 372 g/mol. The maximum Gasteiger partial charge on any atom is 0.253 e. The Morgan fingerprint density at radius 1 is 0.962 bits per heavy atom. The zero-order valence-corrected chi connectivity index (χ0v) is 15.8. The standard InChI is InChI=1S/C20H25N3O2S/c24-19(22-9-3-1-2-4-10-22)15-7-11-23(12-8-15)20(25)16-5-6-17-18(13-16)26-14-21-17/h5-6,13-15H,1-4,7-12H2. The van der Waals surface area contributed by atoms with Gasteiger partial charge < -0.3 is 9.80 Å². The van der Waals surface area contributed by atoms with Crippen molar-refractivity contribution in [2.75, 3.05) is 26.2 Å². The van der Waals surface area contributed by atoms with Gasteiger partial charge in [-0.1, -0.05) is 12.8 Å². The third-order valence-corrected chi connectivity index (χ3v) is 6.42. The molecular formula is C20H25N3O2S. The fraction of sp³-hybridized carbons (Fsp3) is 0.550. The predicted octanol–water partition coefficient (Wildman–Crippen LogP) is 3.55. The third-order valence-electron chi connectivity index (χ3n) is 5.63. The molecule has 5 nitrogen and oxygen atoms in total. The van der Waals surface area contributed by atoms with Crippen molar-refractivity contribution in [1.82, 2.24) is 14.8 Å². The van der Waals surface area contributed by atoms with E-state index < -0.39 is 0 Å². The van der Waals surface area contributed by atoms with E-state index in [0.29, 0.717) is 19.0 Å². The zero-order valence-electron chi connectivity index (χ0n) is 15.0. The summed E-state index contributed by atoms with van der Waals surface area (Å²) in [5, 5.41) is 0. The van der Waals surface area contributed by atoms with Crippen LogP contribution in [0.2, 0.25) is 0 Å². The number of nitrogens with zero attached hydrogens (tertiary/aromatic N) is 3. The molecule has 0 saturated carbocycles. The van der Waals surface area contributed by atoms with Crippen LogP contribution in [0.5, 0.6) is 0 Å². The number of carbonyl (C=O) groups excluding carboxylic acids is 2. The van der Waals surface area contributed by atoms with Crippen LogP contribution in [0.25, 0.3) is 10.2 Å². The Morgan fingerprint density at radius 3 is 2.42 bits per heavy atom. The molecule has 3 heterocycles. The molecule has 138 valence electrons. The normalized spacial score (nSPS) is 19.5. The zero-order chi connectivity index (χ0) is 17.9. The van der Waals surface area contributed by atoms with Crippen LogP contribution in [0, 0.1) is 5.92 Å². The van der Waals surface area contributed by atoms with Crippen LogP contribution in [0.3, 0.4) is 0 Å². The van der Waals surface area contributed by atoms with Crippen LogP contribution in [0.1, 0.15) is 48.9 Å². The molecule has 26 heavy (non-hydrogen) atoms. The van der Waals surface area contributed by atoms with Gasteiger partial charge in [0.15, 0.2) is 0 Å². The Bertz CT molecular complexity index is 787. The summed E-state index contributed by atoms with van der Waals surface area (Å²) >= 11 is 1.56. The predicted molar refractivity (Wildman–Crippen MR) is 103 cm³/mol. The molecule has 1 aromatic carbocycles. The summed E-state index contributed by atoms with van der Waals surface area (Å²) in [6.07, 6.45) is 6.29. The van der Waals surface area contributed by atoms with Crippen LogP contribution < -0.4 is 0 Å². The van der Waals surface area contributed by atoms with Gasteiger partial charge in [-0.05, 0) is 43.9 Å². The molecule has 0 bridgehead atoms. The van der Waals surface area contributed by atoms with Crippen molar-refractivity contribution in [3.05, 3.63) is 29.3 Å². The van der Waals surface area contributed by atoms with E-state index in [2.05, 4.69) is 9.88 Å². The number of aromatic nitrogens is 1. The van der Waals surface area contributed by atoms with Gasteiger partial charge in [0.05, 0.1) is 15.7 Å². The highest BCUT2D eigenvalue weighted by Gasteiger charge is 2.30. The van der Waals surface area contributed by atoms with Crippen LogP contribution in [-0.2, 0) is 4.79 Å². The van der Waals surface area contributed by atoms with Gasteiger partial charge in [0.2, 0.25) is 5.91 Å². The lowest BCUT2D eigenvalue weighted by molar-refractivity contribution is -0.136. The number of rotatable bonds is 2. The minimum absolute atomic E-state index is 0.0703. The van der Waals surface area contributed by atoms with Crippen LogP contribution >= 0.6 is 11.3 Å². The highest BCUT2D eigenvalue weighted by Crippen LogP contribution is 2.24. The van der Waals surface area contributed by atoms with Crippen LogP contribution in [0.15, 0.2) is 23.7 Å². The quantitative estimate of drug-likeness (QED) is 0.811. The molecule has 0 spiro atoms. The number of hydrogen-bond donors (Lipinski definition) is 0. The van der Waals surface area contributed by atoms with Gasteiger partial charge in [-0.25, -0.2) is 4.98 Å². The van der Waals surface area contributed by atoms with E-state index in [9.17, 15) is 9.59 Å². The largest absolute Gasteiger partial charge is 0.342 e. The minimum Gasteiger partial charge on any atom is -0.342 e.